The summed E-state index contributed by atoms with van der Waals surface area (Å²) in [6.45, 7) is 4.40. The van der Waals surface area contributed by atoms with Crippen LogP contribution in [0.15, 0.2) is 42.6 Å². The number of carbonyl (C=O) groups excluding carboxylic acids is 2. The Morgan fingerprint density at radius 1 is 1.30 bits per heavy atom. The molecule has 0 unspecified atom stereocenters. The van der Waals surface area contributed by atoms with Crippen LogP contribution in [0.4, 0.5) is 27.6 Å². The predicted molar refractivity (Wildman–Crippen MR) is 121 cm³/mol. The monoisotopic (exact) mass is 529 g/mol. The summed E-state index contributed by atoms with van der Waals surface area (Å²) in [5.74, 6) is -8.46. The molecule has 0 radical (unpaired) electrons. The summed E-state index contributed by atoms with van der Waals surface area (Å²) in [6, 6.07) is 4.10. The fraction of sp³-hybridized carbons (Fsp3) is 0.375. The lowest BCUT2D eigenvalue weighted by atomic mass is 9.77. The number of nitrogens with zero attached hydrogens (tertiary/aromatic N) is 1. The number of aliphatic hydroxyl groups excluding tert-OH is 1. The summed E-state index contributed by atoms with van der Waals surface area (Å²) >= 11 is 0. The summed E-state index contributed by atoms with van der Waals surface area (Å²) in [4.78, 5) is 28.3. The number of hydrogen-bond acceptors (Lipinski definition) is 6. The molecule has 1 saturated heterocycles. The second kappa shape index (κ2) is 10.4. The van der Waals surface area contributed by atoms with Crippen LogP contribution in [0.1, 0.15) is 35.8 Å². The number of nitrogens with one attached hydrogen (secondary N) is 1. The topological polar surface area (TPSA) is 124 Å². The number of ether oxygens (including phenoxy) is 2. The van der Waals surface area contributed by atoms with Gasteiger partial charge in [-0.15, -0.1) is 0 Å². The maximum Gasteiger partial charge on any atom is 0.417 e. The van der Waals surface area contributed by atoms with Crippen LogP contribution in [0.3, 0.4) is 0 Å². The van der Waals surface area contributed by atoms with E-state index in [1.54, 1.807) is 0 Å². The van der Waals surface area contributed by atoms with Crippen molar-refractivity contribution in [3.63, 3.8) is 0 Å². The van der Waals surface area contributed by atoms with Gasteiger partial charge in [0.2, 0.25) is 5.82 Å². The number of aromatic nitrogens is 1. The SMILES string of the molecule is C=C(CO)COc1c([C@H]2[C@H](C(=O)Nc3ccnc(C(N)=O)c3)O[C@@](C)(C(F)(F)F)[C@H]2C)ccc(F)c1F. The number of amides is 2. The number of pyridine rings is 1. The van der Waals surface area contributed by atoms with E-state index in [-0.39, 0.29) is 22.5 Å². The fourth-order valence-electron chi connectivity index (χ4n) is 4.06. The van der Waals surface area contributed by atoms with E-state index in [1.165, 1.54) is 13.0 Å². The molecule has 0 spiro atoms. The van der Waals surface area contributed by atoms with Gasteiger partial charge in [-0.1, -0.05) is 19.6 Å². The summed E-state index contributed by atoms with van der Waals surface area (Å²) in [5.41, 5.74) is 1.93. The van der Waals surface area contributed by atoms with Crippen molar-refractivity contribution in [2.24, 2.45) is 11.7 Å². The largest absolute Gasteiger partial charge is 0.486 e. The Labute approximate surface area is 208 Å². The molecule has 4 atom stereocenters. The van der Waals surface area contributed by atoms with Gasteiger partial charge < -0.3 is 25.6 Å². The van der Waals surface area contributed by atoms with Crippen molar-refractivity contribution < 1.29 is 46.1 Å². The average Bonchev–Trinajstić information content (AvgIpc) is 3.11. The first-order valence-corrected chi connectivity index (χ1v) is 10.9. The number of anilines is 1. The van der Waals surface area contributed by atoms with Crippen molar-refractivity contribution in [2.75, 3.05) is 18.5 Å². The second-order valence-corrected chi connectivity index (χ2v) is 8.72. The standard InChI is InChI=1S/C24H24F5N3O5/c1-11(9-33)10-36-19-14(4-5-15(25)18(19)26)17-12(2)23(3,24(27,28)29)37-20(17)22(35)32-13-6-7-31-16(8-13)21(30)34/h4-8,12,17,20,33H,1,9-10H2,2-3H3,(H2,30,34)(H,31,32,35)/t12-,17-,20+,23+/m0/s1. The zero-order chi connectivity index (χ0) is 27.7. The quantitative estimate of drug-likeness (QED) is 0.356. The van der Waals surface area contributed by atoms with Crippen molar-refractivity contribution >= 4 is 17.5 Å². The molecule has 0 bridgehead atoms. The van der Waals surface area contributed by atoms with Gasteiger partial charge in [-0.25, -0.2) is 4.39 Å². The van der Waals surface area contributed by atoms with Gasteiger partial charge in [0.15, 0.2) is 17.2 Å². The fourth-order valence-corrected chi connectivity index (χ4v) is 4.06. The van der Waals surface area contributed by atoms with E-state index < -0.39 is 72.1 Å². The number of halogens is 5. The number of carbonyl (C=O) groups is 2. The van der Waals surface area contributed by atoms with Crippen LogP contribution in [-0.4, -0.2) is 53.0 Å². The Morgan fingerprint density at radius 2 is 1.97 bits per heavy atom. The number of hydrogen-bond donors (Lipinski definition) is 3. The van der Waals surface area contributed by atoms with E-state index >= 15 is 0 Å². The first-order valence-electron chi connectivity index (χ1n) is 10.9. The van der Waals surface area contributed by atoms with Gasteiger partial charge in [0.1, 0.15) is 18.4 Å². The molecule has 1 aromatic heterocycles. The van der Waals surface area contributed by atoms with Gasteiger partial charge >= 0.3 is 6.18 Å². The first kappa shape index (κ1) is 28.0. The molecule has 0 aliphatic carbocycles. The van der Waals surface area contributed by atoms with E-state index in [2.05, 4.69) is 16.9 Å². The van der Waals surface area contributed by atoms with Crippen molar-refractivity contribution in [1.29, 1.82) is 0 Å². The Morgan fingerprint density at radius 3 is 2.57 bits per heavy atom. The number of primary amides is 1. The number of aliphatic hydroxyl groups is 1. The third-order valence-electron chi connectivity index (χ3n) is 6.29. The highest BCUT2D eigenvalue weighted by Gasteiger charge is 2.66. The third kappa shape index (κ3) is 5.42. The molecular formula is C24H24F5N3O5. The predicted octanol–water partition coefficient (Wildman–Crippen LogP) is 3.46. The van der Waals surface area contributed by atoms with Crippen LogP contribution in [-0.2, 0) is 9.53 Å². The summed E-state index contributed by atoms with van der Waals surface area (Å²) in [5, 5.41) is 11.5. The highest BCUT2D eigenvalue weighted by Crippen LogP contribution is 2.55. The minimum atomic E-state index is -4.94. The van der Waals surface area contributed by atoms with E-state index in [0.717, 1.165) is 25.3 Å². The molecular weight excluding hydrogens is 505 g/mol. The van der Waals surface area contributed by atoms with Crippen LogP contribution in [0.5, 0.6) is 5.75 Å². The molecule has 1 fully saturated rings. The molecule has 1 aliphatic heterocycles. The summed E-state index contributed by atoms with van der Waals surface area (Å²) in [6.07, 6.45) is -5.64. The van der Waals surface area contributed by atoms with Gasteiger partial charge in [0, 0.05) is 29.3 Å². The summed E-state index contributed by atoms with van der Waals surface area (Å²) < 4.78 is 81.8. The highest BCUT2D eigenvalue weighted by atomic mass is 19.4. The van der Waals surface area contributed by atoms with Crippen LogP contribution in [0.25, 0.3) is 0 Å². The molecule has 0 saturated carbocycles. The van der Waals surface area contributed by atoms with E-state index in [4.69, 9.17) is 20.3 Å². The molecule has 2 amide bonds. The number of benzene rings is 1. The molecule has 2 aromatic rings. The molecule has 3 rings (SSSR count). The van der Waals surface area contributed by atoms with Crippen molar-refractivity contribution in [1.82, 2.24) is 4.98 Å². The maximum absolute atomic E-state index is 14.8. The van der Waals surface area contributed by atoms with Crippen LogP contribution in [0, 0.1) is 17.6 Å². The van der Waals surface area contributed by atoms with Gasteiger partial charge in [-0.05, 0) is 30.7 Å². The third-order valence-corrected chi connectivity index (χ3v) is 6.29. The smallest absolute Gasteiger partial charge is 0.417 e. The zero-order valence-corrected chi connectivity index (χ0v) is 19.7. The number of nitrogens with two attached hydrogens (primary N) is 1. The minimum Gasteiger partial charge on any atom is -0.486 e. The van der Waals surface area contributed by atoms with Crippen LogP contribution < -0.4 is 15.8 Å². The van der Waals surface area contributed by atoms with Crippen LogP contribution in [0.2, 0.25) is 0 Å². The normalized spacial score (nSPS) is 23.5. The summed E-state index contributed by atoms with van der Waals surface area (Å²) in [7, 11) is 0. The van der Waals surface area contributed by atoms with Crippen molar-refractivity contribution in [3.05, 3.63) is 65.5 Å². The highest BCUT2D eigenvalue weighted by molar-refractivity contribution is 5.97. The van der Waals surface area contributed by atoms with Gasteiger partial charge in [0.25, 0.3) is 11.8 Å². The molecule has 8 nitrogen and oxygen atoms in total. The molecule has 4 N–H and O–H groups in total. The van der Waals surface area contributed by atoms with Gasteiger partial charge in [-0.2, -0.15) is 17.6 Å². The van der Waals surface area contributed by atoms with Gasteiger partial charge in [-0.3, -0.25) is 14.6 Å². The van der Waals surface area contributed by atoms with Crippen molar-refractivity contribution in [2.45, 2.75) is 37.6 Å². The maximum atomic E-state index is 14.8. The van der Waals surface area contributed by atoms with Gasteiger partial charge in [0.05, 0.1) is 6.61 Å². The second-order valence-electron chi connectivity index (χ2n) is 8.72. The number of rotatable bonds is 8. The van der Waals surface area contributed by atoms with E-state index in [1.807, 2.05) is 0 Å². The Kier molecular flexibility index (Phi) is 7.89. The van der Waals surface area contributed by atoms with E-state index in [0.29, 0.717) is 6.07 Å². The molecule has 1 aromatic carbocycles. The Balaban J connectivity index is 2.09. The molecule has 1 aliphatic rings. The average molecular weight is 529 g/mol. The first-order chi connectivity index (χ1) is 17.2. The minimum absolute atomic E-state index is 0.00887. The molecule has 2 heterocycles. The molecule has 37 heavy (non-hydrogen) atoms. The number of alkyl halides is 3. The molecule has 13 heteroatoms. The van der Waals surface area contributed by atoms with Crippen molar-refractivity contribution in [3.8, 4) is 5.75 Å². The Hall–Kier alpha value is -3.58. The Bertz CT molecular complexity index is 1220. The lowest BCUT2D eigenvalue weighted by Gasteiger charge is -2.32. The van der Waals surface area contributed by atoms with Crippen LogP contribution >= 0.6 is 0 Å². The lowest BCUT2D eigenvalue weighted by Crippen LogP contribution is -2.47. The molecule has 200 valence electrons. The zero-order valence-electron chi connectivity index (χ0n) is 19.7. The lowest BCUT2D eigenvalue weighted by molar-refractivity contribution is -0.272. The van der Waals surface area contributed by atoms with E-state index in [9.17, 15) is 31.5 Å².